The molecule has 0 unspecified atom stereocenters. The van der Waals surface area contributed by atoms with E-state index < -0.39 is 0 Å². The maximum absolute atomic E-state index is 5.78. The number of hydrogen-bond donors (Lipinski definition) is 1. The van der Waals surface area contributed by atoms with Crippen LogP contribution >= 0.6 is 0 Å². The minimum absolute atomic E-state index is 0.762. The predicted octanol–water partition coefficient (Wildman–Crippen LogP) is 1.75. The maximum Gasteiger partial charge on any atom is 0.128 e. The van der Waals surface area contributed by atoms with Gasteiger partial charge in [-0.1, -0.05) is 0 Å². The van der Waals surface area contributed by atoms with Crippen LogP contribution in [-0.4, -0.2) is 43.6 Å². The largest absolute Gasteiger partial charge is 0.397 e. The Morgan fingerprint density at radius 1 is 1.24 bits per heavy atom. The summed E-state index contributed by atoms with van der Waals surface area (Å²) in [4.78, 5) is 9.02. The molecule has 0 aliphatic carbocycles. The molecule has 1 aromatic heterocycles. The van der Waals surface area contributed by atoms with Gasteiger partial charge in [0.1, 0.15) is 5.82 Å². The summed E-state index contributed by atoms with van der Waals surface area (Å²) in [5, 5.41) is 0. The number of pyridine rings is 1. The number of nitrogen functional groups attached to an aromatic ring is 1. The van der Waals surface area contributed by atoms with E-state index in [4.69, 9.17) is 5.73 Å². The van der Waals surface area contributed by atoms with E-state index >= 15 is 0 Å². The second-order valence-electron chi connectivity index (χ2n) is 4.58. The molecule has 0 aliphatic heterocycles. The molecule has 0 aliphatic rings. The molecule has 1 heterocycles. The average Bonchev–Trinajstić information content (AvgIpc) is 2.28. The monoisotopic (exact) mass is 236 g/mol. The summed E-state index contributed by atoms with van der Waals surface area (Å²) < 4.78 is 0. The Morgan fingerprint density at radius 2 is 1.94 bits per heavy atom. The zero-order valence-corrected chi connectivity index (χ0v) is 11.4. The van der Waals surface area contributed by atoms with Crippen LogP contribution in [0.3, 0.4) is 0 Å². The molecule has 0 aromatic carbocycles. The van der Waals surface area contributed by atoms with E-state index in [1.165, 1.54) is 0 Å². The lowest BCUT2D eigenvalue weighted by Gasteiger charge is -2.23. The Kier molecular flexibility index (Phi) is 5.22. The highest BCUT2D eigenvalue weighted by Crippen LogP contribution is 2.16. The van der Waals surface area contributed by atoms with Gasteiger partial charge in [-0.3, -0.25) is 0 Å². The topological polar surface area (TPSA) is 45.4 Å². The van der Waals surface area contributed by atoms with Crippen molar-refractivity contribution in [1.82, 2.24) is 9.88 Å². The lowest BCUT2D eigenvalue weighted by atomic mass is 10.3. The van der Waals surface area contributed by atoms with Crippen LogP contribution in [0.2, 0.25) is 0 Å². The SMILES string of the molecule is CCN(CCCN(C)C)c1ccc(N)c(C)n1. The summed E-state index contributed by atoms with van der Waals surface area (Å²) in [7, 11) is 4.20. The lowest BCUT2D eigenvalue weighted by Crippen LogP contribution is -2.27. The molecule has 0 amide bonds. The minimum Gasteiger partial charge on any atom is -0.397 e. The van der Waals surface area contributed by atoms with Crippen molar-refractivity contribution in [3.05, 3.63) is 17.8 Å². The van der Waals surface area contributed by atoms with Gasteiger partial charge in [0.25, 0.3) is 0 Å². The molecule has 0 atom stereocenters. The molecule has 0 radical (unpaired) electrons. The Balaban J connectivity index is 2.62. The van der Waals surface area contributed by atoms with Gasteiger partial charge in [-0.05, 0) is 53.0 Å². The van der Waals surface area contributed by atoms with E-state index in [1.54, 1.807) is 0 Å². The van der Waals surface area contributed by atoms with Gasteiger partial charge in [0.2, 0.25) is 0 Å². The van der Waals surface area contributed by atoms with E-state index in [9.17, 15) is 0 Å². The fourth-order valence-electron chi connectivity index (χ4n) is 1.75. The first-order valence-electron chi connectivity index (χ1n) is 6.17. The molecule has 4 nitrogen and oxygen atoms in total. The van der Waals surface area contributed by atoms with Crippen molar-refractivity contribution < 1.29 is 0 Å². The standard InChI is InChI=1S/C13H24N4/c1-5-17(10-6-9-16(3)4)13-8-7-12(14)11(2)15-13/h7-8H,5-6,9-10,14H2,1-4H3. The van der Waals surface area contributed by atoms with Gasteiger partial charge in [-0.15, -0.1) is 0 Å². The third kappa shape index (κ3) is 4.23. The molecule has 0 saturated heterocycles. The van der Waals surface area contributed by atoms with E-state index in [0.29, 0.717) is 0 Å². The van der Waals surface area contributed by atoms with Crippen LogP contribution in [0.15, 0.2) is 12.1 Å². The van der Waals surface area contributed by atoms with Crippen LogP contribution in [0, 0.1) is 6.92 Å². The summed E-state index contributed by atoms with van der Waals surface area (Å²) in [6.45, 7) is 7.22. The molecule has 96 valence electrons. The van der Waals surface area contributed by atoms with Crippen molar-refractivity contribution in [3.8, 4) is 0 Å². The number of hydrogen-bond acceptors (Lipinski definition) is 4. The first-order chi connectivity index (χ1) is 8.04. The quantitative estimate of drug-likeness (QED) is 0.817. The van der Waals surface area contributed by atoms with Gasteiger partial charge in [-0.25, -0.2) is 4.98 Å². The van der Waals surface area contributed by atoms with Gasteiger partial charge in [0, 0.05) is 13.1 Å². The average molecular weight is 236 g/mol. The molecule has 17 heavy (non-hydrogen) atoms. The van der Waals surface area contributed by atoms with Gasteiger partial charge < -0.3 is 15.5 Å². The third-order valence-corrected chi connectivity index (χ3v) is 2.85. The van der Waals surface area contributed by atoms with Gasteiger partial charge in [0.05, 0.1) is 11.4 Å². The third-order valence-electron chi connectivity index (χ3n) is 2.85. The van der Waals surface area contributed by atoms with E-state index in [2.05, 4.69) is 35.8 Å². The molecule has 2 N–H and O–H groups in total. The molecule has 0 bridgehead atoms. The number of aryl methyl sites for hydroxylation is 1. The number of nitrogens with two attached hydrogens (primary N) is 1. The molecule has 4 heteroatoms. The zero-order valence-electron chi connectivity index (χ0n) is 11.4. The van der Waals surface area contributed by atoms with Crippen LogP contribution in [-0.2, 0) is 0 Å². The van der Waals surface area contributed by atoms with Crippen LogP contribution in [0.1, 0.15) is 19.0 Å². The highest BCUT2D eigenvalue weighted by atomic mass is 15.2. The second-order valence-corrected chi connectivity index (χ2v) is 4.58. The van der Waals surface area contributed by atoms with Crippen molar-refractivity contribution in [2.45, 2.75) is 20.3 Å². The number of rotatable bonds is 6. The second kappa shape index (κ2) is 6.45. The predicted molar refractivity (Wildman–Crippen MR) is 74.4 cm³/mol. The van der Waals surface area contributed by atoms with E-state index in [1.807, 2.05) is 19.1 Å². The van der Waals surface area contributed by atoms with Crippen LogP contribution in [0.25, 0.3) is 0 Å². The highest BCUT2D eigenvalue weighted by molar-refractivity contribution is 5.50. The van der Waals surface area contributed by atoms with Crippen LogP contribution < -0.4 is 10.6 Å². The molecular weight excluding hydrogens is 212 g/mol. The lowest BCUT2D eigenvalue weighted by molar-refractivity contribution is 0.400. The van der Waals surface area contributed by atoms with Crippen LogP contribution in [0.4, 0.5) is 11.5 Å². The smallest absolute Gasteiger partial charge is 0.128 e. The van der Waals surface area contributed by atoms with Crippen molar-refractivity contribution >= 4 is 11.5 Å². The Hall–Kier alpha value is -1.29. The minimum atomic E-state index is 0.762. The van der Waals surface area contributed by atoms with E-state index in [-0.39, 0.29) is 0 Å². The Labute approximate surface area is 104 Å². The first-order valence-corrected chi connectivity index (χ1v) is 6.17. The summed E-state index contributed by atoms with van der Waals surface area (Å²) in [6.07, 6.45) is 1.14. The molecule has 0 fully saturated rings. The molecule has 0 spiro atoms. The van der Waals surface area contributed by atoms with Crippen LogP contribution in [0.5, 0.6) is 0 Å². The van der Waals surface area contributed by atoms with Crippen molar-refractivity contribution in [2.75, 3.05) is 44.4 Å². The van der Waals surface area contributed by atoms with Gasteiger partial charge >= 0.3 is 0 Å². The highest BCUT2D eigenvalue weighted by Gasteiger charge is 2.06. The number of anilines is 2. The number of nitrogens with zero attached hydrogens (tertiary/aromatic N) is 3. The Bertz CT molecular complexity index is 349. The van der Waals surface area contributed by atoms with Crippen molar-refractivity contribution in [3.63, 3.8) is 0 Å². The normalized spacial score (nSPS) is 10.9. The van der Waals surface area contributed by atoms with Gasteiger partial charge in [0.15, 0.2) is 0 Å². The maximum atomic E-state index is 5.78. The van der Waals surface area contributed by atoms with Gasteiger partial charge in [-0.2, -0.15) is 0 Å². The molecule has 0 saturated carbocycles. The van der Waals surface area contributed by atoms with Crippen molar-refractivity contribution in [2.24, 2.45) is 0 Å². The zero-order chi connectivity index (χ0) is 12.8. The first kappa shape index (κ1) is 13.8. The Morgan fingerprint density at radius 3 is 2.47 bits per heavy atom. The fraction of sp³-hybridized carbons (Fsp3) is 0.615. The number of aromatic nitrogens is 1. The summed E-state index contributed by atoms with van der Waals surface area (Å²) in [5.41, 5.74) is 7.46. The molecule has 1 aromatic rings. The fourth-order valence-corrected chi connectivity index (χ4v) is 1.75. The van der Waals surface area contributed by atoms with E-state index in [0.717, 1.165) is 43.3 Å². The molecule has 1 rings (SSSR count). The summed E-state index contributed by atoms with van der Waals surface area (Å²) in [5.74, 6) is 1.03. The summed E-state index contributed by atoms with van der Waals surface area (Å²) >= 11 is 0. The van der Waals surface area contributed by atoms with Crippen molar-refractivity contribution in [1.29, 1.82) is 0 Å². The molecular formula is C13H24N4. The summed E-state index contributed by atoms with van der Waals surface area (Å²) in [6, 6.07) is 3.94.